The van der Waals surface area contributed by atoms with Crippen molar-refractivity contribution in [1.82, 2.24) is 0 Å². The van der Waals surface area contributed by atoms with Gasteiger partial charge >= 0.3 is 0 Å². The van der Waals surface area contributed by atoms with Crippen LogP contribution in [-0.4, -0.2) is 11.2 Å². The molecule has 104 valence electrons. The van der Waals surface area contributed by atoms with Crippen molar-refractivity contribution in [3.05, 3.63) is 0 Å². The molecule has 3 rings (SSSR count). The van der Waals surface area contributed by atoms with E-state index in [9.17, 15) is 5.11 Å². The molecule has 18 heavy (non-hydrogen) atoms. The SMILES string of the molecule is CC1CCC(C2CCCC3CCC(O)CC32)CC1. The van der Waals surface area contributed by atoms with Gasteiger partial charge in [-0.2, -0.15) is 0 Å². The van der Waals surface area contributed by atoms with E-state index >= 15 is 0 Å². The van der Waals surface area contributed by atoms with Crippen molar-refractivity contribution in [3.8, 4) is 0 Å². The summed E-state index contributed by atoms with van der Waals surface area (Å²) in [5, 5.41) is 10.0. The molecule has 1 nitrogen and oxygen atoms in total. The first-order valence-corrected chi connectivity index (χ1v) is 8.42. The summed E-state index contributed by atoms with van der Waals surface area (Å²) in [5.41, 5.74) is 0. The van der Waals surface area contributed by atoms with Crippen molar-refractivity contribution in [2.45, 2.75) is 77.2 Å². The first-order chi connectivity index (χ1) is 8.74. The lowest BCUT2D eigenvalue weighted by molar-refractivity contribution is -0.00884. The summed E-state index contributed by atoms with van der Waals surface area (Å²) >= 11 is 0. The Morgan fingerprint density at radius 1 is 0.722 bits per heavy atom. The Kier molecular flexibility index (Phi) is 3.98. The van der Waals surface area contributed by atoms with Gasteiger partial charge < -0.3 is 5.11 Å². The molecule has 0 aromatic rings. The summed E-state index contributed by atoms with van der Waals surface area (Å²) < 4.78 is 0. The highest BCUT2D eigenvalue weighted by Crippen LogP contribution is 2.49. The molecule has 0 saturated heterocycles. The van der Waals surface area contributed by atoms with Crippen LogP contribution in [0.3, 0.4) is 0 Å². The fraction of sp³-hybridized carbons (Fsp3) is 1.00. The number of hydrogen-bond acceptors (Lipinski definition) is 1. The third kappa shape index (κ3) is 2.61. The summed E-state index contributed by atoms with van der Waals surface area (Å²) in [4.78, 5) is 0. The molecule has 3 aliphatic rings. The van der Waals surface area contributed by atoms with Crippen LogP contribution in [0, 0.1) is 29.6 Å². The van der Waals surface area contributed by atoms with E-state index in [0.29, 0.717) is 0 Å². The standard InChI is InChI=1S/C17H30O/c1-12-5-7-14(8-6-12)16-4-2-3-13-9-10-15(18)11-17(13)16/h12-18H,2-11H2,1H3. The van der Waals surface area contributed by atoms with Gasteiger partial charge in [-0.1, -0.05) is 32.6 Å². The Morgan fingerprint density at radius 2 is 1.39 bits per heavy atom. The van der Waals surface area contributed by atoms with E-state index < -0.39 is 0 Å². The van der Waals surface area contributed by atoms with E-state index in [1.54, 1.807) is 0 Å². The summed E-state index contributed by atoms with van der Waals surface area (Å²) in [6, 6.07) is 0. The first-order valence-electron chi connectivity index (χ1n) is 8.42. The summed E-state index contributed by atoms with van der Waals surface area (Å²) in [5.74, 6) is 4.77. The highest BCUT2D eigenvalue weighted by molar-refractivity contribution is 4.91. The van der Waals surface area contributed by atoms with E-state index in [1.165, 1.54) is 51.4 Å². The number of aliphatic hydroxyl groups excluding tert-OH is 1. The zero-order chi connectivity index (χ0) is 12.5. The molecule has 3 aliphatic carbocycles. The van der Waals surface area contributed by atoms with E-state index in [2.05, 4.69) is 6.92 Å². The lowest BCUT2D eigenvalue weighted by Gasteiger charge is -2.47. The van der Waals surface area contributed by atoms with Gasteiger partial charge in [0.1, 0.15) is 0 Å². The molecule has 0 heterocycles. The monoisotopic (exact) mass is 250 g/mol. The van der Waals surface area contributed by atoms with Crippen molar-refractivity contribution in [3.63, 3.8) is 0 Å². The van der Waals surface area contributed by atoms with Gasteiger partial charge in [0, 0.05) is 0 Å². The van der Waals surface area contributed by atoms with E-state index in [1.807, 2.05) is 0 Å². The Balaban J connectivity index is 1.66. The second kappa shape index (κ2) is 5.53. The van der Waals surface area contributed by atoms with Gasteiger partial charge in [-0.15, -0.1) is 0 Å². The van der Waals surface area contributed by atoms with Crippen molar-refractivity contribution < 1.29 is 5.11 Å². The summed E-state index contributed by atoms with van der Waals surface area (Å²) in [7, 11) is 0. The average Bonchev–Trinajstić information content (AvgIpc) is 2.39. The van der Waals surface area contributed by atoms with Crippen LogP contribution in [-0.2, 0) is 0 Å². The van der Waals surface area contributed by atoms with Gasteiger partial charge in [0.2, 0.25) is 0 Å². The molecule has 3 saturated carbocycles. The molecule has 0 aromatic heterocycles. The largest absolute Gasteiger partial charge is 0.393 e. The fourth-order valence-electron chi connectivity index (χ4n) is 5.26. The molecule has 4 unspecified atom stereocenters. The third-order valence-corrected chi connectivity index (χ3v) is 6.35. The lowest BCUT2D eigenvalue weighted by atomic mass is 9.59. The molecule has 0 spiro atoms. The average molecular weight is 250 g/mol. The van der Waals surface area contributed by atoms with Crippen LogP contribution in [0.4, 0.5) is 0 Å². The van der Waals surface area contributed by atoms with Gasteiger partial charge in [0.05, 0.1) is 6.10 Å². The summed E-state index contributed by atoms with van der Waals surface area (Å²) in [6.45, 7) is 2.42. The topological polar surface area (TPSA) is 20.2 Å². The number of fused-ring (bicyclic) bond motifs is 1. The smallest absolute Gasteiger partial charge is 0.0543 e. The lowest BCUT2D eigenvalue weighted by Crippen LogP contribution is -2.39. The van der Waals surface area contributed by atoms with Gasteiger partial charge in [-0.25, -0.2) is 0 Å². The summed E-state index contributed by atoms with van der Waals surface area (Å²) in [6.07, 6.45) is 13.8. The quantitative estimate of drug-likeness (QED) is 0.732. The second-order valence-corrected chi connectivity index (χ2v) is 7.51. The van der Waals surface area contributed by atoms with Crippen molar-refractivity contribution in [2.24, 2.45) is 29.6 Å². The molecule has 1 heteroatoms. The van der Waals surface area contributed by atoms with E-state index in [4.69, 9.17) is 0 Å². The van der Waals surface area contributed by atoms with Gasteiger partial charge in [-0.3, -0.25) is 0 Å². The van der Waals surface area contributed by atoms with E-state index in [-0.39, 0.29) is 6.10 Å². The van der Waals surface area contributed by atoms with E-state index in [0.717, 1.165) is 42.4 Å². The van der Waals surface area contributed by atoms with Gasteiger partial charge in [0.25, 0.3) is 0 Å². The zero-order valence-corrected chi connectivity index (χ0v) is 12.0. The highest BCUT2D eigenvalue weighted by atomic mass is 16.3. The number of rotatable bonds is 1. The number of hydrogen-bond donors (Lipinski definition) is 1. The van der Waals surface area contributed by atoms with Gasteiger partial charge in [-0.05, 0) is 68.1 Å². The minimum absolute atomic E-state index is 0.0226. The normalized spacial score (nSPS) is 49.7. The van der Waals surface area contributed by atoms with Crippen molar-refractivity contribution in [2.75, 3.05) is 0 Å². The van der Waals surface area contributed by atoms with Crippen molar-refractivity contribution >= 4 is 0 Å². The highest BCUT2D eigenvalue weighted by Gasteiger charge is 2.41. The molecule has 0 aliphatic heterocycles. The predicted octanol–water partition coefficient (Wildman–Crippen LogP) is 4.39. The second-order valence-electron chi connectivity index (χ2n) is 7.51. The van der Waals surface area contributed by atoms with Gasteiger partial charge in [0.15, 0.2) is 0 Å². The Bertz CT molecular complexity index is 267. The molecule has 0 bridgehead atoms. The Morgan fingerprint density at radius 3 is 2.17 bits per heavy atom. The molecule has 1 N–H and O–H groups in total. The maximum atomic E-state index is 10.0. The van der Waals surface area contributed by atoms with Crippen molar-refractivity contribution in [1.29, 1.82) is 0 Å². The van der Waals surface area contributed by atoms with Crippen LogP contribution < -0.4 is 0 Å². The van der Waals surface area contributed by atoms with Crippen LogP contribution in [0.2, 0.25) is 0 Å². The van der Waals surface area contributed by atoms with Crippen LogP contribution >= 0.6 is 0 Å². The molecular formula is C17H30O. The fourth-order valence-corrected chi connectivity index (χ4v) is 5.26. The zero-order valence-electron chi connectivity index (χ0n) is 12.0. The minimum atomic E-state index is 0.0226. The molecular weight excluding hydrogens is 220 g/mol. The molecule has 3 fully saturated rings. The molecule has 0 radical (unpaired) electrons. The molecule has 4 atom stereocenters. The van der Waals surface area contributed by atoms with Crippen LogP contribution in [0.1, 0.15) is 71.1 Å². The third-order valence-electron chi connectivity index (χ3n) is 6.35. The van der Waals surface area contributed by atoms with Crippen LogP contribution in [0.5, 0.6) is 0 Å². The molecule has 0 amide bonds. The maximum absolute atomic E-state index is 10.0. The Hall–Kier alpha value is -0.0400. The number of aliphatic hydroxyl groups is 1. The maximum Gasteiger partial charge on any atom is 0.0543 e. The Labute approximate surface area is 112 Å². The first kappa shape index (κ1) is 13.0. The van der Waals surface area contributed by atoms with Crippen LogP contribution in [0.25, 0.3) is 0 Å². The van der Waals surface area contributed by atoms with Crippen LogP contribution in [0.15, 0.2) is 0 Å². The minimum Gasteiger partial charge on any atom is -0.393 e. The molecule has 0 aromatic carbocycles. The predicted molar refractivity (Wildman–Crippen MR) is 75.3 cm³/mol.